The number of hydrogen-bond donors (Lipinski definition) is 0. The largest absolute Gasteiger partial charge is 0.376 e. The van der Waals surface area contributed by atoms with Gasteiger partial charge < -0.3 is 4.74 Å². The van der Waals surface area contributed by atoms with Crippen LogP contribution in [0.15, 0.2) is 0 Å². The quantitative estimate of drug-likeness (QED) is 0.659. The summed E-state index contributed by atoms with van der Waals surface area (Å²) in [6, 6.07) is 0. The minimum Gasteiger partial charge on any atom is -0.376 e. The molecule has 1 nitrogen and oxygen atoms in total. The van der Waals surface area contributed by atoms with Crippen molar-refractivity contribution in [3.8, 4) is 0 Å². The maximum Gasteiger partial charge on any atom is 0.0578 e. The normalized spacial score (nSPS) is 36.9. The third-order valence-electron chi connectivity index (χ3n) is 5.61. The predicted octanol–water partition coefficient (Wildman–Crippen LogP) is 5.43. The highest BCUT2D eigenvalue weighted by molar-refractivity contribution is 4.83. The highest BCUT2D eigenvalue weighted by Crippen LogP contribution is 2.42. The molecule has 0 aromatic rings. The molecule has 0 unspecified atom stereocenters. The lowest BCUT2D eigenvalue weighted by Crippen LogP contribution is -2.30. The molecule has 0 spiro atoms. The van der Waals surface area contributed by atoms with Gasteiger partial charge in [-0.1, -0.05) is 13.8 Å². The van der Waals surface area contributed by atoms with Crippen LogP contribution >= 0.6 is 0 Å². The van der Waals surface area contributed by atoms with Gasteiger partial charge in [-0.25, -0.2) is 0 Å². The molecule has 0 bridgehead atoms. The van der Waals surface area contributed by atoms with E-state index in [-0.39, 0.29) is 0 Å². The van der Waals surface area contributed by atoms with Crippen LogP contribution in [0.4, 0.5) is 0 Å². The van der Waals surface area contributed by atoms with Crippen LogP contribution in [0.3, 0.4) is 0 Å². The van der Waals surface area contributed by atoms with Crippen molar-refractivity contribution in [2.45, 2.75) is 91.3 Å². The van der Waals surface area contributed by atoms with Gasteiger partial charge in [0.05, 0.1) is 12.2 Å². The molecule has 112 valence electrons. The number of rotatable bonds is 4. The van der Waals surface area contributed by atoms with Crippen LogP contribution in [0, 0.1) is 23.7 Å². The average Bonchev–Trinajstić information content (AvgIpc) is 2.39. The molecule has 0 radical (unpaired) electrons. The van der Waals surface area contributed by atoms with Gasteiger partial charge in [0.15, 0.2) is 0 Å². The van der Waals surface area contributed by atoms with Gasteiger partial charge in [-0.3, -0.25) is 0 Å². The zero-order valence-corrected chi connectivity index (χ0v) is 13.5. The van der Waals surface area contributed by atoms with Crippen molar-refractivity contribution >= 4 is 0 Å². The van der Waals surface area contributed by atoms with Crippen molar-refractivity contribution in [3.05, 3.63) is 0 Å². The van der Waals surface area contributed by atoms with Crippen molar-refractivity contribution in [1.82, 2.24) is 0 Å². The van der Waals surface area contributed by atoms with E-state index in [1.54, 1.807) is 0 Å². The summed E-state index contributed by atoms with van der Waals surface area (Å²) in [5, 5.41) is 0. The first-order valence-corrected chi connectivity index (χ1v) is 8.71. The third kappa shape index (κ3) is 4.48. The lowest BCUT2D eigenvalue weighted by molar-refractivity contribution is -0.0271. The second-order valence-electron chi connectivity index (χ2n) is 7.64. The molecule has 0 aromatic carbocycles. The molecule has 1 heteroatoms. The second-order valence-corrected chi connectivity index (χ2v) is 7.64. The summed E-state index contributed by atoms with van der Waals surface area (Å²) in [4.78, 5) is 0. The smallest absolute Gasteiger partial charge is 0.0578 e. The van der Waals surface area contributed by atoms with E-state index in [4.69, 9.17) is 4.74 Å². The van der Waals surface area contributed by atoms with Crippen molar-refractivity contribution in [2.24, 2.45) is 23.7 Å². The first-order valence-electron chi connectivity index (χ1n) is 8.71. The Morgan fingerprint density at radius 3 is 1.58 bits per heavy atom. The number of ether oxygens (including phenoxy) is 1. The summed E-state index contributed by atoms with van der Waals surface area (Å²) in [5.74, 6) is 3.96. The minimum atomic E-state index is 0.406. The van der Waals surface area contributed by atoms with E-state index in [0.29, 0.717) is 12.2 Å². The van der Waals surface area contributed by atoms with Gasteiger partial charge in [-0.15, -0.1) is 0 Å². The fraction of sp³-hybridized carbons (Fsp3) is 1.00. The molecule has 2 rings (SSSR count). The van der Waals surface area contributed by atoms with E-state index in [0.717, 1.165) is 23.7 Å². The Morgan fingerprint density at radius 2 is 1.16 bits per heavy atom. The Kier molecular flexibility index (Phi) is 5.74. The maximum absolute atomic E-state index is 5.98. The van der Waals surface area contributed by atoms with Crippen LogP contribution in [-0.2, 0) is 4.74 Å². The standard InChI is InChI=1S/C18H34O/c1-13(2)15-5-7-16(8-6-15)17-9-11-18(12-10-17)19-14(3)4/h13-18H,5-12H2,1-4H3. The van der Waals surface area contributed by atoms with Crippen LogP contribution in [0.5, 0.6) is 0 Å². The van der Waals surface area contributed by atoms with Gasteiger partial charge in [-0.05, 0) is 88.9 Å². The summed E-state index contributed by atoms with van der Waals surface area (Å²) < 4.78 is 5.98. The third-order valence-corrected chi connectivity index (χ3v) is 5.61. The second kappa shape index (κ2) is 7.11. The zero-order chi connectivity index (χ0) is 13.8. The van der Waals surface area contributed by atoms with Crippen LogP contribution in [0.2, 0.25) is 0 Å². The highest BCUT2D eigenvalue weighted by Gasteiger charge is 2.31. The zero-order valence-electron chi connectivity index (χ0n) is 13.5. The summed E-state index contributed by atoms with van der Waals surface area (Å²) in [6.45, 7) is 9.14. The van der Waals surface area contributed by atoms with Crippen LogP contribution in [0.25, 0.3) is 0 Å². The lowest BCUT2D eigenvalue weighted by Gasteiger charge is -2.39. The Balaban J connectivity index is 1.71. The van der Waals surface area contributed by atoms with E-state index >= 15 is 0 Å². The molecular weight excluding hydrogens is 232 g/mol. The summed E-state index contributed by atoms with van der Waals surface area (Å²) in [6.07, 6.45) is 12.4. The van der Waals surface area contributed by atoms with E-state index in [1.807, 2.05) is 0 Å². The van der Waals surface area contributed by atoms with Gasteiger partial charge in [0.2, 0.25) is 0 Å². The van der Waals surface area contributed by atoms with Crippen LogP contribution in [-0.4, -0.2) is 12.2 Å². The first-order chi connectivity index (χ1) is 9.06. The Hall–Kier alpha value is -0.0400. The van der Waals surface area contributed by atoms with Crippen LogP contribution in [0.1, 0.15) is 79.1 Å². The molecule has 0 aliphatic heterocycles. The van der Waals surface area contributed by atoms with E-state index in [1.165, 1.54) is 51.4 Å². The lowest BCUT2D eigenvalue weighted by atomic mass is 9.69. The minimum absolute atomic E-state index is 0.406. The van der Waals surface area contributed by atoms with Crippen molar-refractivity contribution in [1.29, 1.82) is 0 Å². The van der Waals surface area contributed by atoms with Gasteiger partial charge >= 0.3 is 0 Å². The molecule has 0 N–H and O–H groups in total. The molecule has 2 fully saturated rings. The fourth-order valence-electron chi connectivity index (χ4n) is 4.36. The van der Waals surface area contributed by atoms with Crippen molar-refractivity contribution in [2.75, 3.05) is 0 Å². The van der Waals surface area contributed by atoms with Crippen LogP contribution < -0.4 is 0 Å². The number of hydrogen-bond acceptors (Lipinski definition) is 1. The highest BCUT2D eigenvalue weighted by atomic mass is 16.5. The molecule has 19 heavy (non-hydrogen) atoms. The maximum atomic E-state index is 5.98. The predicted molar refractivity (Wildman–Crippen MR) is 82.3 cm³/mol. The molecule has 0 saturated heterocycles. The Morgan fingerprint density at radius 1 is 0.684 bits per heavy atom. The first kappa shape index (κ1) is 15.4. The Bertz CT molecular complexity index is 242. The molecule has 0 amide bonds. The van der Waals surface area contributed by atoms with Gasteiger partial charge in [0.25, 0.3) is 0 Å². The molecule has 2 aliphatic carbocycles. The topological polar surface area (TPSA) is 9.23 Å². The van der Waals surface area contributed by atoms with Gasteiger partial charge in [0.1, 0.15) is 0 Å². The summed E-state index contributed by atoms with van der Waals surface area (Å²) in [7, 11) is 0. The van der Waals surface area contributed by atoms with Crippen molar-refractivity contribution < 1.29 is 4.74 Å². The molecule has 2 aliphatic rings. The molecule has 2 saturated carbocycles. The monoisotopic (exact) mass is 266 g/mol. The van der Waals surface area contributed by atoms with E-state index in [9.17, 15) is 0 Å². The SMILES string of the molecule is CC(C)OC1CCC(C2CCC(C(C)C)CC2)CC1. The summed E-state index contributed by atoms with van der Waals surface area (Å²) in [5.41, 5.74) is 0. The average molecular weight is 266 g/mol. The van der Waals surface area contributed by atoms with Crippen molar-refractivity contribution in [3.63, 3.8) is 0 Å². The van der Waals surface area contributed by atoms with E-state index < -0.39 is 0 Å². The fourth-order valence-corrected chi connectivity index (χ4v) is 4.36. The summed E-state index contributed by atoms with van der Waals surface area (Å²) >= 11 is 0. The Labute approximate surface area is 120 Å². The van der Waals surface area contributed by atoms with E-state index in [2.05, 4.69) is 27.7 Å². The van der Waals surface area contributed by atoms with Gasteiger partial charge in [-0.2, -0.15) is 0 Å². The molecule has 0 atom stereocenters. The molecule has 0 aromatic heterocycles. The molecule has 0 heterocycles. The molecular formula is C18H34O. The van der Waals surface area contributed by atoms with Gasteiger partial charge in [0, 0.05) is 0 Å².